The summed E-state index contributed by atoms with van der Waals surface area (Å²) in [6.07, 6.45) is 8.97. The van der Waals surface area contributed by atoms with Crippen LogP contribution in [0.4, 0.5) is 0 Å². The molecule has 105 valence electrons. The van der Waals surface area contributed by atoms with Gasteiger partial charge in [0, 0.05) is 0 Å². The molecule has 0 saturated carbocycles. The molecule has 2 aliphatic heterocycles. The molecule has 0 aromatic rings. The van der Waals surface area contributed by atoms with Crippen molar-refractivity contribution in [2.75, 3.05) is 39.3 Å². The molecule has 3 nitrogen and oxygen atoms in total. The van der Waals surface area contributed by atoms with Gasteiger partial charge in [0.25, 0.3) is 0 Å². The number of nitrogens with zero attached hydrogens (tertiary/aromatic N) is 1. The minimum Gasteiger partial charge on any atom is -0.316 e. The molecule has 1 radical (unpaired) electrons. The predicted octanol–water partition coefficient (Wildman–Crippen LogP) is 2.30. The molecule has 1 atom stereocenters. The van der Waals surface area contributed by atoms with E-state index in [2.05, 4.69) is 10.2 Å². The SMILES string of the molecule is [O]CCC1CCN(CCCC2CCCNC2)CC1. The Bertz CT molecular complexity index is 209. The van der Waals surface area contributed by atoms with Crippen LogP contribution in [-0.4, -0.2) is 44.2 Å². The van der Waals surface area contributed by atoms with Gasteiger partial charge in [0.2, 0.25) is 0 Å². The van der Waals surface area contributed by atoms with E-state index in [1.54, 1.807) is 0 Å². The zero-order valence-electron chi connectivity index (χ0n) is 11.7. The van der Waals surface area contributed by atoms with Gasteiger partial charge in [0.15, 0.2) is 0 Å². The van der Waals surface area contributed by atoms with Gasteiger partial charge in [-0.15, -0.1) is 0 Å². The topological polar surface area (TPSA) is 35.2 Å². The third kappa shape index (κ3) is 4.87. The quantitative estimate of drug-likeness (QED) is 0.788. The molecule has 2 saturated heterocycles. The average molecular weight is 253 g/mol. The molecule has 0 aliphatic carbocycles. The van der Waals surface area contributed by atoms with Crippen molar-refractivity contribution in [2.24, 2.45) is 11.8 Å². The molecule has 1 N–H and O–H groups in total. The van der Waals surface area contributed by atoms with Crippen molar-refractivity contribution >= 4 is 0 Å². The Morgan fingerprint density at radius 1 is 1.06 bits per heavy atom. The number of piperidine rings is 2. The zero-order chi connectivity index (χ0) is 12.6. The summed E-state index contributed by atoms with van der Waals surface area (Å²) in [5.74, 6) is 1.65. The molecular formula is C15H29N2O. The van der Waals surface area contributed by atoms with Gasteiger partial charge in [-0.2, -0.15) is 0 Å². The second-order valence-corrected chi connectivity index (χ2v) is 6.13. The number of likely N-dealkylation sites (tertiary alicyclic amines) is 1. The monoisotopic (exact) mass is 253 g/mol. The molecule has 2 fully saturated rings. The van der Waals surface area contributed by atoms with Crippen LogP contribution in [0.5, 0.6) is 0 Å². The summed E-state index contributed by atoms with van der Waals surface area (Å²) in [6, 6.07) is 0. The summed E-state index contributed by atoms with van der Waals surface area (Å²) in [6.45, 7) is 6.33. The highest BCUT2D eigenvalue weighted by Crippen LogP contribution is 2.21. The number of rotatable bonds is 6. The molecule has 1 unspecified atom stereocenters. The summed E-state index contributed by atoms with van der Waals surface area (Å²) in [5.41, 5.74) is 0. The zero-order valence-corrected chi connectivity index (χ0v) is 11.7. The van der Waals surface area contributed by atoms with E-state index in [1.165, 1.54) is 71.2 Å². The Kier molecular flexibility index (Phi) is 6.46. The van der Waals surface area contributed by atoms with E-state index in [1.807, 2.05) is 0 Å². The molecule has 0 aromatic heterocycles. The van der Waals surface area contributed by atoms with Crippen molar-refractivity contribution in [3.05, 3.63) is 0 Å². The largest absolute Gasteiger partial charge is 0.316 e. The Hall–Kier alpha value is -0.120. The molecule has 0 bridgehead atoms. The van der Waals surface area contributed by atoms with Crippen LogP contribution >= 0.6 is 0 Å². The van der Waals surface area contributed by atoms with E-state index in [9.17, 15) is 5.11 Å². The lowest BCUT2D eigenvalue weighted by Crippen LogP contribution is -2.35. The highest BCUT2D eigenvalue weighted by molar-refractivity contribution is 4.74. The molecular weight excluding hydrogens is 224 g/mol. The van der Waals surface area contributed by atoms with Gasteiger partial charge in [-0.05, 0) is 89.5 Å². The molecule has 0 amide bonds. The Morgan fingerprint density at radius 2 is 1.89 bits per heavy atom. The van der Waals surface area contributed by atoms with Crippen LogP contribution in [0.1, 0.15) is 44.9 Å². The fraction of sp³-hybridized carbons (Fsp3) is 1.00. The second-order valence-electron chi connectivity index (χ2n) is 6.13. The second kappa shape index (κ2) is 8.13. The van der Waals surface area contributed by atoms with E-state index in [4.69, 9.17) is 0 Å². The molecule has 0 aromatic carbocycles. The molecule has 0 spiro atoms. The normalized spacial score (nSPS) is 27.5. The Balaban J connectivity index is 1.52. The van der Waals surface area contributed by atoms with Gasteiger partial charge in [-0.3, -0.25) is 0 Å². The van der Waals surface area contributed by atoms with E-state index in [0.29, 0.717) is 0 Å². The van der Waals surface area contributed by atoms with Gasteiger partial charge in [-0.1, -0.05) is 0 Å². The van der Waals surface area contributed by atoms with Crippen molar-refractivity contribution in [3.8, 4) is 0 Å². The van der Waals surface area contributed by atoms with Crippen molar-refractivity contribution in [3.63, 3.8) is 0 Å². The first-order valence-corrected chi connectivity index (χ1v) is 7.89. The minimum atomic E-state index is 0.124. The van der Waals surface area contributed by atoms with Crippen molar-refractivity contribution < 1.29 is 5.11 Å². The maximum absolute atomic E-state index is 10.6. The molecule has 2 aliphatic rings. The minimum absolute atomic E-state index is 0.124. The predicted molar refractivity (Wildman–Crippen MR) is 74.2 cm³/mol. The number of hydrogen-bond donors (Lipinski definition) is 1. The van der Waals surface area contributed by atoms with E-state index in [-0.39, 0.29) is 6.61 Å². The van der Waals surface area contributed by atoms with Gasteiger partial charge in [0.1, 0.15) is 0 Å². The van der Waals surface area contributed by atoms with Crippen LogP contribution in [0.15, 0.2) is 0 Å². The number of nitrogens with one attached hydrogen (secondary N) is 1. The molecule has 2 rings (SSSR count). The van der Waals surface area contributed by atoms with Crippen LogP contribution in [-0.2, 0) is 5.11 Å². The third-order valence-corrected chi connectivity index (χ3v) is 4.72. The van der Waals surface area contributed by atoms with E-state index in [0.717, 1.165) is 18.3 Å². The fourth-order valence-corrected chi connectivity index (χ4v) is 3.44. The third-order valence-electron chi connectivity index (χ3n) is 4.72. The molecule has 18 heavy (non-hydrogen) atoms. The Labute approximate surface area is 112 Å². The number of hydrogen-bond acceptors (Lipinski definition) is 2. The lowest BCUT2D eigenvalue weighted by molar-refractivity contribution is 0.128. The van der Waals surface area contributed by atoms with Gasteiger partial charge >= 0.3 is 0 Å². The van der Waals surface area contributed by atoms with Crippen LogP contribution in [0.25, 0.3) is 0 Å². The maximum atomic E-state index is 10.6. The van der Waals surface area contributed by atoms with Crippen LogP contribution < -0.4 is 5.32 Å². The summed E-state index contributed by atoms with van der Waals surface area (Å²) < 4.78 is 0. The first kappa shape index (κ1) is 14.3. The van der Waals surface area contributed by atoms with Gasteiger partial charge in [-0.25, -0.2) is 5.11 Å². The van der Waals surface area contributed by atoms with Crippen LogP contribution in [0.3, 0.4) is 0 Å². The van der Waals surface area contributed by atoms with Crippen LogP contribution in [0, 0.1) is 11.8 Å². The Morgan fingerprint density at radius 3 is 2.56 bits per heavy atom. The van der Waals surface area contributed by atoms with E-state index < -0.39 is 0 Å². The standard InChI is InChI=1S/C15H29N2O/c18-12-7-14-5-10-17(11-6-14)9-2-4-15-3-1-8-16-13-15/h14-16H,1-13H2. The van der Waals surface area contributed by atoms with Gasteiger partial charge in [0.05, 0.1) is 6.61 Å². The summed E-state index contributed by atoms with van der Waals surface area (Å²) in [5, 5.41) is 14.1. The summed E-state index contributed by atoms with van der Waals surface area (Å²) in [7, 11) is 0. The first-order chi connectivity index (χ1) is 8.88. The lowest BCUT2D eigenvalue weighted by atomic mass is 9.92. The first-order valence-electron chi connectivity index (χ1n) is 7.89. The van der Waals surface area contributed by atoms with Crippen LogP contribution in [0.2, 0.25) is 0 Å². The van der Waals surface area contributed by atoms with Crippen molar-refractivity contribution in [1.82, 2.24) is 10.2 Å². The summed E-state index contributed by atoms with van der Waals surface area (Å²) in [4.78, 5) is 2.61. The maximum Gasteiger partial charge on any atom is 0.0825 e. The van der Waals surface area contributed by atoms with E-state index >= 15 is 0 Å². The molecule has 3 heteroatoms. The molecule has 2 heterocycles. The summed E-state index contributed by atoms with van der Waals surface area (Å²) >= 11 is 0. The average Bonchev–Trinajstić information content (AvgIpc) is 2.42. The highest BCUT2D eigenvalue weighted by atomic mass is 16.3. The fourth-order valence-electron chi connectivity index (χ4n) is 3.44. The smallest absolute Gasteiger partial charge is 0.0825 e. The lowest BCUT2D eigenvalue weighted by Gasteiger charge is -2.32. The van der Waals surface area contributed by atoms with Crippen molar-refractivity contribution in [1.29, 1.82) is 0 Å². The van der Waals surface area contributed by atoms with Gasteiger partial charge < -0.3 is 10.2 Å². The van der Waals surface area contributed by atoms with Crippen molar-refractivity contribution in [2.45, 2.75) is 44.9 Å². The highest BCUT2D eigenvalue weighted by Gasteiger charge is 2.19.